The summed E-state index contributed by atoms with van der Waals surface area (Å²) in [7, 11) is 0. The number of carbonyl (C=O) groups excluding carboxylic acids is 2. The zero-order valence-corrected chi connectivity index (χ0v) is 12.0. The molecule has 110 valence electrons. The molecule has 4 nitrogen and oxygen atoms in total. The van der Waals surface area contributed by atoms with E-state index in [0.717, 1.165) is 16.5 Å². The predicted octanol–water partition coefficient (Wildman–Crippen LogP) is 3.22. The van der Waals surface area contributed by atoms with Gasteiger partial charge in [0, 0.05) is 18.0 Å². The summed E-state index contributed by atoms with van der Waals surface area (Å²) >= 11 is 5.71. The molecule has 0 atom stereocenters. The fourth-order valence-electron chi connectivity index (χ4n) is 2.24. The molecule has 2 aromatic rings. The predicted molar refractivity (Wildman–Crippen MR) is 80.7 cm³/mol. The lowest BCUT2D eigenvalue weighted by atomic mass is 10.1. The molecule has 1 aliphatic heterocycles. The third-order valence-electron chi connectivity index (χ3n) is 3.26. The number of pyridine rings is 1. The highest BCUT2D eigenvalue weighted by Gasteiger charge is 2.35. The normalized spacial score (nSPS) is 16.6. The minimum Gasteiger partial charge on any atom is -0.274 e. The Balaban J connectivity index is 1.95. The van der Waals surface area contributed by atoms with Crippen LogP contribution in [0.5, 0.6) is 0 Å². The van der Waals surface area contributed by atoms with Crippen LogP contribution in [0.15, 0.2) is 48.3 Å². The van der Waals surface area contributed by atoms with Crippen LogP contribution in [-0.4, -0.2) is 16.8 Å². The Labute approximate surface area is 130 Å². The molecule has 1 aromatic carbocycles. The minimum atomic E-state index is -0.601. The van der Waals surface area contributed by atoms with Crippen LogP contribution in [0.25, 0.3) is 6.08 Å². The summed E-state index contributed by atoms with van der Waals surface area (Å²) in [5.41, 5.74) is 1.35. The largest absolute Gasteiger partial charge is 0.274 e. The second-order valence-electron chi connectivity index (χ2n) is 4.77. The fourth-order valence-corrected chi connectivity index (χ4v) is 2.41. The minimum absolute atomic E-state index is 0.0112. The molecule has 2 amide bonds. The van der Waals surface area contributed by atoms with Gasteiger partial charge in [-0.2, -0.15) is 0 Å². The molecule has 0 aliphatic carbocycles. The van der Waals surface area contributed by atoms with Gasteiger partial charge in [-0.25, -0.2) is 9.29 Å². The first-order chi connectivity index (χ1) is 10.6. The Morgan fingerprint density at radius 2 is 2.09 bits per heavy atom. The molecule has 0 saturated carbocycles. The van der Waals surface area contributed by atoms with Crippen molar-refractivity contribution in [3.05, 3.63) is 64.7 Å². The summed E-state index contributed by atoms with van der Waals surface area (Å²) in [5.74, 6) is -1.41. The molecule has 0 spiro atoms. The van der Waals surface area contributed by atoms with Gasteiger partial charge < -0.3 is 0 Å². The first-order valence-corrected chi connectivity index (χ1v) is 6.87. The van der Waals surface area contributed by atoms with Gasteiger partial charge in [-0.1, -0.05) is 17.7 Å². The van der Waals surface area contributed by atoms with Crippen LogP contribution in [0.3, 0.4) is 0 Å². The molecule has 22 heavy (non-hydrogen) atoms. The molecule has 0 bridgehead atoms. The van der Waals surface area contributed by atoms with E-state index in [1.165, 1.54) is 12.1 Å². The number of imide groups is 1. The van der Waals surface area contributed by atoms with Crippen molar-refractivity contribution in [2.45, 2.75) is 6.42 Å². The zero-order chi connectivity index (χ0) is 15.7. The molecule has 1 saturated heterocycles. The molecular weight excluding hydrogens is 307 g/mol. The SMILES string of the molecule is O=C1C/C(=C/c2cccnc2)C(=O)N1c1ccc(F)c(Cl)c1. The number of hydrogen-bond donors (Lipinski definition) is 0. The molecule has 1 aromatic heterocycles. The fraction of sp³-hybridized carbons (Fsp3) is 0.0625. The lowest BCUT2D eigenvalue weighted by molar-refractivity contribution is -0.120. The lowest BCUT2D eigenvalue weighted by Gasteiger charge is -2.13. The Kier molecular flexibility index (Phi) is 3.73. The van der Waals surface area contributed by atoms with Gasteiger partial charge in [0.05, 0.1) is 17.1 Å². The molecule has 6 heteroatoms. The van der Waals surface area contributed by atoms with Crippen molar-refractivity contribution in [2.75, 3.05) is 4.90 Å². The molecular formula is C16H10ClFN2O2. The van der Waals surface area contributed by atoms with E-state index < -0.39 is 11.7 Å². The Morgan fingerprint density at radius 3 is 2.77 bits per heavy atom. The third-order valence-corrected chi connectivity index (χ3v) is 3.55. The number of benzene rings is 1. The van der Waals surface area contributed by atoms with E-state index >= 15 is 0 Å². The Morgan fingerprint density at radius 1 is 1.27 bits per heavy atom. The van der Waals surface area contributed by atoms with Gasteiger partial charge in [-0.15, -0.1) is 0 Å². The maximum atomic E-state index is 13.2. The third kappa shape index (κ3) is 2.63. The molecule has 0 radical (unpaired) electrons. The van der Waals surface area contributed by atoms with E-state index in [1.54, 1.807) is 30.6 Å². The molecule has 1 aliphatic rings. The van der Waals surface area contributed by atoms with Crippen molar-refractivity contribution in [1.29, 1.82) is 0 Å². The number of rotatable bonds is 2. The summed E-state index contributed by atoms with van der Waals surface area (Å²) in [6.07, 6.45) is 4.83. The summed E-state index contributed by atoms with van der Waals surface area (Å²) in [6.45, 7) is 0. The number of halogens is 2. The van der Waals surface area contributed by atoms with Crippen LogP contribution < -0.4 is 4.90 Å². The van der Waals surface area contributed by atoms with Crippen LogP contribution in [0.4, 0.5) is 10.1 Å². The van der Waals surface area contributed by atoms with Crippen molar-refractivity contribution in [2.24, 2.45) is 0 Å². The van der Waals surface area contributed by atoms with Gasteiger partial charge in [0.1, 0.15) is 5.82 Å². The standard InChI is InChI=1S/C16H10ClFN2O2/c17-13-8-12(3-4-14(13)18)20-15(21)7-11(16(20)22)6-10-2-1-5-19-9-10/h1-6,8-9H,7H2/b11-6-. The van der Waals surface area contributed by atoms with Gasteiger partial charge in [-0.05, 0) is 35.9 Å². The van der Waals surface area contributed by atoms with Crippen LogP contribution in [-0.2, 0) is 9.59 Å². The molecule has 2 heterocycles. The Bertz CT molecular complexity index is 790. The van der Waals surface area contributed by atoms with Gasteiger partial charge in [0.25, 0.3) is 5.91 Å². The van der Waals surface area contributed by atoms with Crippen LogP contribution in [0.1, 0.15) is 12.0 Å². The molecule has 3 rings (SSSR count). The van der Waals surface area contributed by atoms with E-state index in [2.05, 4.69) is 4.98 Å². The van der Waals surface area contributed by atoms with Crippen LogP contribution in [0.2, 0.25) is 5.02 Å². The number of aromatic nitrogens is 1. The average molecular weight is 317 g/mol. The highest BCUT2D eigenvalue weighted by molar-refractivity contribution is 6.32. The summed E-state index contributed by atoms with van der Waals surface area (Å²) in [4.78, 5) is 29.5. The lowest BCUT2D eigenvalue weighted by Crippen LogP contribution is -2.28. The number of carbonyl (C=O) groups is 2. The van der Waals surface area contributed by atoms with E-state index in [9.17, 15) is 14.0 Å². The number of amides is 2. The quantitative estimate of drug-likeness (QED) is 0.631. The maximum Gasteiger partial charge on any atom is 0.261 e. The van der Waals surface area contributed by atoms with Crippen molar-refractivity contribution in [3.8, 4) is 0 Å². The maximum absolute atomic E-state index is 13.2. The smallest absolute Gasteiger partial charge is 0.261 e. The van der Waals surface area contributed by atoms with Gasteiger partial charge >= 0.3 is 0 Å². The van der Waals surface area contributed by atoms with Crippen molar-refractivity contribution >= 4 is 35.2 Å². The summed E-state index contributed by atoms with van der Waals surface area (Å²) in [5, 5.41) is -0.136. The Hall–Kier alpha value is -2.53. The van der Waals surface area contributed by atoms with E-state index in [4.69, 9.17) is 11.6 Å². The topological polar surface area (TPSA) is 50.3 Å². The first-order valence-electron chi connectivity index (χ1n) is 6.49. The zero-order valence-electron chi connectivity index (χ0n) is 11.3. The van der Waals surface area contributed by atoms with Crippen molar-refractivity contribution in [3.63, 3.8) is 0 Å². The second kappa shape index (κ2) is 5.69. The summed E-state index contributed by atoms with van der Waals surface area (Å²) in [6, 6.07) is 7.27. The van der Waals surface area contributed by atoms with Crippen LogP contribution in [0, 0.1) is 5.82 Å². The number of nitrogens with zero attached hydrogens (tertiary/aromatic N) is 2. The molecule has 0 unspecified atom stereocenters. The van der Waals surface area contributed by atoms with E-state index in [0.29, 0.717) is 5.57 Å². The number of anilines is 1. The van der Waals surface area contributed by atoms with Crippen LogP contribution >= 0.6 is 11.6 Å². The van der Waals surface area contributed by atoms with Crippen molar-refractivity contribution < 1.29 is 14.0 Å². The average Bonchev–Trinajstić information content (AvgIpc) is 2.78. The number of hydrogen-bond acceptors (Lipinski definition) is 3. The van der Waals surface area contributed by atoms with E-state index in [1.807, 2.05) is 0 Å². The first kappa shape index (κ1) is 14.4. The molecule has 0 N–H and O–H groups in total. The van der Waals surface area contributed by atoms with E-state index in [-0.39, 0.29) is 23.0 Å². The monoisotopic (exact) mass is 316 g/mol. The second-order valence-corrected chi connectivity index (χ2v) is 5.17. The van der Waals surface area contributed by atoms with Gasteiger partial charge in [0.2, 0.25) is 5.91 Å². The summed E-state index contributed by atoms with van der Waals surface area (Å²) < 4.78 is 13.2. The van der Waals surface area contributed by atoms with Gasteiger partial charge in [0.15, 0.2) is 0 Å². The van der Waals surface area contributed by atoms with Gasteiger partial charge in [-0.3, -0.25) is 14.6 Å². The highest BCUT2D eigenvalue weighted by Crippen LogP contribution is 2.29. The molecule has 1 fully saturated rings. The highest BCUT2D eigenvalue weighted by atomic mass is 35.5. The van der Waals surface area contributed by atoms with Crippen molar-refractivity contribution in [1.82, 2.24) is 4.98 Å².